The number of ether oxygens (including phenoxy) is 1. The zero-order valence-electron chi connectivity index (χ0n) is 12.0. The molecule has 0 bridgehead atoms. The van der Waals surface area contributed by atoms with Crippen LogP contribution in [0, 0.1) is 0 Å². The first kappa shape index (κ1) is 13.6. The van der Waals surface area contributed by atoms with Gasteiger partial charge in [-0.2, -0.15) is 0 Å². The second-order valence-electron chi connectivity index (χ2n) is 5.79. The predicted molar refractivity (Wildman–Crippen MR) is 76.2 cm³/mol. The van der Waals surface area contributed by atoms with Crippen molar-refractivity contribution >= 4 is 5.91 Å². The molecule has 2 aliphatic heterocycles. The monoisotopic (exact) mass is 277 g/mol. The van der Waals surface area contributed by atoms with Crippen LogP contribution in [0.1, 0.15) is 24.8 Å². The van der Waals surface area contributed by atoms with Crippen LogP contribution in [0.3, 0.4) is 0 Å². The summed E-state index contributed by atoms with van der Waals surface area (Å²) in [4.78, 5) is 20.0. The van der Waals surface area contributed by atoms with Gasteiger partial charge in [-0.1, -0.05) is 0 Å². The maximum absolute atomic E-state index is 12.7. The first-order valence-electron chi connectivity index (χ1n) is 7.45. The Hall–Kier alpha value is -1.33. The summed E-state index contributed by atoms with van der Waals surface area (Å²) in [5, 5.41) is 0. The topological polar surface area (TPSA) is 48.6 Å². The molecule has 1 aromatic heterocycles. The molecular formula is C15H23N3O2. The molecule has 0 saturated carbocycles. The van der Waals surface area contributed by atoms with E-state index in [9.17, 15) is 4.79 Å². The number of carbonyl (C=O) groups excluding carboxylic acids is 1. The number of H-pyrrole nitrogens is 1. The van der Waals surface area contributed by atoms with E-state index in [1.807, 2.05) is 17.3 Å². The third-order valence-corrected chi connectivity index (χ3v) is 4.45. The summed E-state index contributed by atoms with van der Waals surface area (Å²) < 4.78 is 5.48. The fraction of sp³-hybridized carbons (Fsp3) is 0.667. The Balaban J connectivity index is 1.70. The standard InChI is InChI=1S/C15H23N3O2/c1-20-13-8-14(15(19)17-6-2-3-7-17)18(11-13)10-12-4-5-16-9-12/h4-5,9,13-14,16H,2-3,6-8,10-11H2,1H3/t13-,14-/m0/s1. The number of likely N-dealkylation sites (tertiary alicyclic amines) is 2. The molecule has 0 aromatic carbocycles. The molecule has 1 amide bonds. The van der Waals surface area contributed by atoms with Crippen molar-refractivity contribution in [1.29, 1.82) is 0 Å². The number of nitrogens with one attached hydrogen (secondary N) is 1. The van der Waals surface area contributed by atoms with Gasteiger partial charge >= 0.3 is 0 Å². The molecule has 0 radical (unpaired) electrons. The minimum Gasteiger partial charge on any atom is -0.380 e. The van der Waals surface area contributed by atoms with Gasteiger partial charge in [0.05, 0.1) is 12.1 Å². The fourth-order valence-electron chi connectivity index (χ4n) is 3.30. The third kappa shape index (κ3) is 2.74. The Morgan fingerprint density at radius 1 is 1.45 bits per heavy atom. The Morgan fingerprint density at radius 2 is 2.25 bits per heavy atom. The number of aromatic nitrogens is 1. The van der Waals surface area contributed by atoms with Gasteiger partial charge in [0.2, 0.25) is 5.91 Å². The zero-order valence-corrected chi connectivity index (χ0v) is 12.0. The average molecular weight is 277 g/mol. The molecule has 2 atom stereocenters. The minimum atomic E-state index is -0.0204. The maximum Gasteiger partial charge on any atom is 0.240 e. The minimum absolute atomic E-state index is 0.0204. The highest BCUT2D eigenvalue weighted by Gasteiger charge is 2.39. The maximum atomic E-state index is 12.7. The Labute approximate surface area is 119 Å². The van der Waals surface area contributed by atoms with Gasteiger partial charge in [-0.05, 0) is 30.9 Å². The van der Waals surface area contributed by atoms with Crippen LogP contribution < -0.4 is 0 Å². The van der Waals surface area contributed by atoms with Crippen molar-refractivity contribution in [2.45, 2.75) is 38.0 Å². The summed E-state index contributed by atoms with van der Waals surface area (Å²) in [6.45, 7) is 3.50. The number of hydrogen-bond donors (Lipinski definition) is 1. The SMILES string of the molecule is CO[C@H]1C[C@@H](C(=O)N2CCCC2)N(Cc2cc[nH]c2)C1. The number of hydrogen-bond acceptors (Lipinski definition) is 3. The van der Waals surface area contributed by atoms with Crippen molar-refractivity contribution in [1.82, 2.24) is 14.8 Å². The molecule has 20 heavy (non-hydrogen) atoms. The lowest BCUT2D eigenvalue weighted by Crippen LogP contribution is -2.44. The van der Waals surface area contributed by atoms with Crippen LogP contribution in [-0.4, -0.2) is 59.6 Å². The highest BCUT2D eigenvalue weighted by Crippen LogP contribution is 2.25. The molecule has 0 unspecified atom stereocenters. The van der Waals surface area contributed by atoms with Gasteiger partial charge in [0, 0.05) is 45.7 Å². The second kappa shape index (κ2) is 5.97. The van der Waals surface area contributed by atoms with Crippen molar-refractivity contribution in [2.75, 3.05) is 26.7 Å². The number of nitrogens with zero attached hydrogens (tertiary/aromatic N) is 2. The molecule has 3 heterocycles. The molecule has 1 aromatic rings. The van der Waals surface area contributed by atoms with Crippen LogP contribution in [0.2, 0.25) is 0 Å². The molecule has 0 aliphatic carbocycles. The van der Waals surface area contributed by atoms with E-state index in [4.69, 9.17) is 4.74 Å². The van der Waals surface area contributed by atoms with E-state index >= 15 is 0 Å². The fourth-order valence-corrected chi connectivity index (χ4v) is 3.30. The summed E-state index contributed by atoms with van der Waals surface area (Å²) in [5.41, 5.74) is 1.22. The summed E-state index contributed by atoms with van der Waals surface area (Å²) in [7, 11) is 1.74. The van der Waals surface area contributed by atoms with Gasteiger partial charge in [-0.3, -0.25) is 9.69 Å². The first-order valence-corrected chi connectivity index (χ1v) is 7.45. The number of amides is 1. The van der Waals surface area contributed by atoms with Crippen LogP contribution in [-0.2, 0) is 16.1 Å². The number of methoxy groups -OCH3 is 1. The molecular weight excluding hydrogens is 254 g/mol. The molecule has 2 saturated heterocycles. The van der Waals surface area contributed by atoms with Crippen LogP contribution >= 0.6 is 0 Å². The van der Waals surface area contributed by atoms with E-state index < -0.39 is 0 Å². The van der Waals surface area contributed by atoms with Gasteiger partial charge in [0.25, 0.3) is 0 Å². The van der Waals surface area contributed by atoms with Crippen LogP contribution in [0.25, 0.3) is 0 Å². The molecule has 2 fully saturated rings. The largest absolute Gasteiger partial charge is 0.380 e. The van der Waals surface area contributed by atoms with Crippen molar-refractivity contribution in [2.24, 2.45) is 0 Å². The van der Waals surface area contributed by atoms with Crippen LogP contribution in [0.5, 0.6) is 0 Å². The Kier molecular flexibility index (Phi) is 4.08. The highest BCUT2D eigenvalue weighted by atomic mass is 16.5. The van der Waals surface area contributed by atoms with E-state index in [0.717, 1.165) is 45.4 Å². The number of rotatable bonds is 4. The van der Waals surface area contributed by atoms with Crippen LogP contribution in [0.4, 0.5) is 0 Å². The van der Waals surface area contributed by atoms with Crippen molar-refractivity contribution in [3.63, 3.8) is 0 Å². The quantitative estimate of drug-likeness (QED) is 0.900. The Bertz CT molecular complexity index is 440. The Morgan fingerprint density at radius 3 is 2.90 bits per heavy atom. The first-order chi connectivity index (χ1) is 9.78. The molecule has 110 valence electrons. The molecule has 2 aliphatic rings. The molecule has 1 N–H and O–H groups in total. The molecule has 0 spiro atoms. The number of aromatic amines is 1. The average Bonchev–Trinajstić information content (AvgIpc) is 3.20. The van der Waals surface area contributed by atoms with Gasteiger partial charge in [0.1, 0.15) is 0 Å². The predicted octanol–water partition coefficient (Wildman–Crippen LogP) is 1.23. The highest BCUT2D eigenvalue weighted by molar-refractivity contribution is 5.82. The van der Waals surface area contributed by atoms with E-state index in [1.54, 1.807) is 7.11 Å². The van der Waals surface area contributed by atoms with Gasteiger partial charge in [-0.15, -0.1) is 0 Å². The summed E-state index contributed by atoms with van der Waals surface area (Å²) in [6.07, 6.45) is 7.20. The van der Waals surface area contributed by atoms with Crippen molar-refractivity contribution in [3.05, 3.63) is 24.0 Å². The molecule has 5 nitrogen and oxygen atoms in total. The normalized spacial score (nSPS) is 27.4. The van der Waals surface area contributed by atoms with Gasteiger partial charge in [0.15, 0.2) is 0 Å². The molecule has 5 heteroatoms. The van der Waals surface area contributed by atoms with Crippen molar-refractivity contribution in [3.8, 4) is 0 Å². The molecule has 3 rings (SSSR count). The van der Waals surface area contributed by atoms with Crippen LogP contribution in [0.15, 0.2) is 18.5 Å². The van der Waals surface area contributed by atoms with E-state index in [2.05, 4.69) is 16.0 Å². The lowest BCUT2D eigenvalue weighted by atomic mass is 10.1. The lowest BCUT2D eigenvalue weighted by molar-refractivity contribution is -0.135. The smallest absolute Gasteiger partial charge is 0.240 e. The third-order valence-electron chi connectivity index (χ3n) is 4.45. The lowest BCUT2D eigenvalue weighted by Gasteiger charge is -2.27. The van der Waals surface area contributed by atoms with Gasteiger partial charge in [-0.25, -0.2) is 0 Å². The van der Waals surface area contributed by atoms with E-state index in [1.165, 1.54) is 5.56 Å². The number of carbonyl (C=O) groups is 1. The second-order valence-corrected chi connectivity index (χ2v) is 5.79. The summed E-state index contributed by atoms with van der Waals surface area (Å²) >= 11 is 0. The summed E-state index contributed by atoms with van der Waals surface area (Å²) in [5.74, 6) is 0.289. The summed E-state index contributed by atoms with van der Waals surface area (Å²) in [6, 6.07) is 2.05. The van der Waals surface area contributed by atoms with E-state index in [0.29, 0.717) is 0 Å². The van der Waals surface area contributed by atoms with Crippen molar-refractivity contribution < 1.29 is 9.53 Å². The van der Waals surface area contributed by atoms with E-state index in [-0.39, 0.29) is 18.1 Å². The van der Waals surface area contributed by atoms with Gasteiger partial charge < -0.3 is 14.6 Å². The zero-order chi connectivity index (χ0) is 13.9.